The number of nitrogens with one attached hydrogen (secondary N) is 1. The molecule has 0 bridgehead atoms. The van der Waals surface area contributed by atoms with Gasteiger partial charge in [-0.2, -0.15) is 0 Å². The molecule has 5 nitrogen and oxygen atoms in total. The molecule has 1 saturated carbocycles. The van der Waals surface area contributed by atoms with E-state index in [-0.39, 0.29) is 17.9 Å². The van der Waals surface area contributed by atoms with E-state index in [0.717, 1.165) is 50.8 Å². The lowest BCUT2D eigenvalue weighted by Crippen LogP contribution is -2.49. The Bertz CT molecular complexity index is 541. The van der Waals surface area contributed by atoms with E-state index in [0.29, 0.717) is 11.9 Å². The minimum Gasteiger partial charge on any atom is -0.391 e. The first-order chi connectivity index (χ1) is 11.1. The summed E-state index contributed by atoms with van der Waals surface area (Å²) in [7, 11) is 0. The van der Waals surface area contributed by atoms with Crippen LogP contribution in [0.1, 0.15) is 44.1 Å². The largest absolute Gasteiger partial charge is 0.391 e. The van der Waals surface area contributed by atoms with E-state index in [4.69, 9.17) is 0 Å². The first-order valence-corrected chi connectivity index (χ1v) is 8.80. The van der Waals surface area contributed by atoms with Gasteiger partial charge in [-0.3, -0.25) is 9.69 Å². The number of aryl methyl sites for hydroxylation is 1. The van der Waals surface area contributed by atoms with Crippen LogP contribution in [0, 0.1) is 12.8 Å². The molecule has 2 atom stereocenters. The average Bonchev–Trinajstić information content (AvgIpc) is 2.57. The lowest BCUT2D eigenvalue weighted by atomic mass is 9.88. The zero-order valence-electron chi connectivity index (χ0n) is 13.9. The Kier molecular flexibility index (Phi) is 5.28. The number of pyridine rings is 1. The van der Waals surface area contributed by atoms with Crippen LogP contribution in [0.15, 0.2) is 18.3 Å². The van der Waals surface area contributed by atoms with Gasteiger partial charge in [0.1, 0.15) is 5.82 Å². The van der Waals surface area contributed by atoms with Gasteiger partial charge in [0.2, 0.25) is 5.91 Å². The smallest absolute Gasteiger partial charge is 0.228 e. The van der Waals surface area contributed by atoms with Crippen LogP contribution in [0.2, 0.25) is 0 Å². The average molecular weight is 317 g/mol. The van der Waals surface area contributed by atoms with Gasteiger partial charge in [0.05, 0.1) is 6.10 Å². The van der Waals surface area contributed by atoms with Gasteiger partial charge in [0.15, 0.2) is 0 Å². The maximum Gasteiger partial charge on any atom is 0.228 e. The monoisotopic (exact) mass is 317 g/mol. The number of likely N-dealkylation sites (tertiary alicyclic amines) is 1. The molecule has 23 heavy (non-hydrogen) atoms. The SMILES string of the molecule is Cc1cccnc1NC(=O)C1CCN(C2CCCCC2O)CC1. The third-order valence-electron chi connectivity index (χ3n) is 5.31. The third-order valence-corrected chi connectivity index (χ3v) is 5.31. The highest BCUT2D eigenvalue weighted by atomic mass is 16.3. The standard InChI is InChI=1S/C18H27N3O2/c1-13-5-4-10-19-17(13)20-18(23)14-8-11-21(12-9-14)15-6-2-3-7-16(15)22/h4-5,10,14-16,22H,2-3,6-9,11-12H2,1H3,(H,19,20,23). The Labute approximate surface area is 138 Å². The van der Waals surface area contributed by atoms with Crippen molar-refractivity contribution in [1.82, 2.24) is 9.88 Å². The summed E-state index contributed by atoms with van der Waals surface area (Å²) in [6.45, 7) is 3.76. The number of nitrogens with zero attached hydrogens (tertiary/aromatic N) is 2. The topological polar surface area (TPSA) is 65.5 Å². The summed E-state index contributed by atoms with van der Waals surface area (Å²) in [5.74, 6) is 0.798. The Morgan fingerprint density at radius 3 is 2.70 bits per heavy atom. The van der Waals surface area contributed by atoms with Crippen molar-refractivity contribution in [2.45, 2.75) is 57.6 Å². The highest BCUT2D eigenvalue weighted by Crippen LogP contribution is 2.28. The van der Waals surface area contributed by atoms with Crippen molar-refractivity contribution in [2.24, 2.45) is 5.92 Å². The number of aliphatic hydroxyl groups excluding tert-OH is 1. The van der Waals surface area contributed by atoms with Crippen LogP contribution in [0.4, 0.5) is 5.82 Å². The molecule has 1 aliphatic heterocycles. The molecule has 3 rings (SSSR count). The summed E-state index contributed by atoms with van der Waals surface area (Å²) < 4.78 is 0. The quantitative estimate of drug-likeness (QED) is 0.898. The lowest BCUT2D eigenvalue weighted by Gasteiger charge is -2.41. The van der Waals surface area contributed by atoms with Crippen molar-refractivity contribution in [2.75, 3.05) is 18.4 Å². The Balaban J connectivity index is 1.52. The van der Waals surface area contributed by atoms with Crippen molar-refractivity contribution < 1.29 is 9.90 Å². The summed E-state index contributed by atoms with van der Waals surface area (Å²) in [6.07, 6.45) is 7.60. The number of carbonyl (C=O) groups is 1. The fraction of sp³-hybridized carbons (Fsp3) is 0.667. The Hall–Kier alpha value is -1.46. The zero-order chi connectivity index (χ0) is 16.2. The van der Waals surface area contributed by atoms with Gasteiger partial charge in [-0.1, -0.05) is 18.9 Å². The van der Waals surface area contributed by atoms with Gasteiger partial charge in [-0.25, -0.2) is 4.98 Å². The fourth-order valence-corrected chi connectivity index (χ4v) is 3.85. The molecule has 2 heterocycles. The molecule has 2 aliphatic rings. The van der Waals surface area contributed by atoms with E-state index in [1.54, 1.807) is 6.20 Å². The third kappa shape index (κ3) is 3.90. The number of anilines is 1. The molecule has 2 fully saturated rings. The minimum atomic E-state index is -0.190. The van der Waals surface area contributed by atoms with Crippen LogP contribution in [0.25, 0.3) is 0 Å². The van der Waals surface area contributed by atoms with E-state index >= 15 is 0 Å². The molecular formula is C18H27N3O2. The molecule has 2 N–H and O–H groups in total. The van der Waals surface area contributed by atoms with E-state index in [2.05, 4.69) is 15.2 Å². The van der Waals surface area contributed by atoms with Crippen LogP contribution in [-0.4, -0.2) is 46.1 Å². The van der Waals surface area contributed by atoms with Crippen LogP contribution < -0.4 is 5.32 Å². The summed E-state index contributed by atoms with van der Waals surface area (Å²) in [6, 6.07) is 4.13. The number of aliphatic hydroxyl groups is 1. The Morgan fingerprint density at radius 2 is 2.00 bits per heavy atom. The van der Waals surface area contributed by atoms with Crippen molar-refractivity contribution >= 4 is 11.7 Å². The van der Waals surface area contributed by atoms with Crippen LogP contribution in [0.5, 0.6) is 0 Å². The number of amides is 1. The van der Waals surface area contributed by atoms with E-state index in [9.17, 15) is 9.90 Å². The molecule has 0 spiro atoms. The molecule has 0 radical (unpaired) electrons. The molecule has 0 aromatic carbocycles. The fourth-order valence-electron chi connectivity index (χ4n) is 3.85. The van der Waals surface area contributed by atoms with Gasteiger partial charge in [0.25, 0.3) is 0 Å². The predicted molar refractivity (Wildman–Crippen MR) is 90.2 cm³/mol. The molecule has 126 valence electrons. The molecule has 1 saturated heterocycles. The molecule has 1 amide bonds. The van der Waals surface area contributed by atoms with Crippen LogP contribution in [-0.2, 0) is 4.79 Å². The van der Waals surface area contributed by atoms with Gasteiger partial charge in [0, 0.05) is 18.2 Å². The Morgan fingerprint density at radius 1 is 1.26 bits per heavy atom. The number of hydrogen-bond acceptors (Lipinski definition) is 4. The predicted octanol–water partition coefficient (Wildman–Crippen LogP) is 2.34. The number of rotatable bonds is 3. The van der Waals surface area contributed by atoms with E-state index < -0.39 is 0 Å². The summed E-state index contributed by atoms with van der Waals surface area (Å²) in [5, 5.41) is 13.2. The van der Waals surface area contributed by atoms with Crippen molar-refractivity contribution in [3.8, 4) is 0 Å². The summed E-state index contributed by atoms with van der Waals surface area (Å²) >= 11 is 0. The second-order valence-electron chi connectivity index (χ2n) is 6.89. The molecule has 5 heteroatoms. The van der Waals surface area contributed by atoms with Crippen LogP contribution in [0.3, 0.4) is 0 Å². The highest BCUT2D eigenvalue weighted by Gasteiger charge is 2.33. The normalized spacial score (nSPS) is 26.9. The minimum absolute atomic E-state index is 0.0494. The maximum atomic E-state index is 12.4. The molecule has 1 aromatic rings. The highest BCUT2D eigenvalue weighted by molar-refractivity contribution is 5.92. The van der Waals surface area contributed by atoms with Gasteiger partial charge >= 0.3 is 0 Å². The van der Waals surface area contributed by atoms with Crippen molar-refractivity contribution in [1.29, 1.82) is 0 Å². The number of aromatic nitrogens is 1. The van der Waals surface area contributed by atoms with E-state index in [1.165, 1.54) is 6.42 Å². The first-order valence-electron chi connectivity index (χ1n) is 8.80. The van der Waals surface area contributed by atoms with Gasteiger partial charge in [-0.15, -0.1) is 0 Å². The number of piperidine rings is 1. The molecule has 2 unspecified atom stereocenters. The summed E-state index contributed by atoms with van der Waals surface area (Å²) in [4.78, 5) is 19.1. The number of hydrogen-bond donors (Lipinski definition) is 2. The van der Waals surface area contributed by atoms with Gasteiger partial charge < -0.3 is 10.4 Å². The molecular weight excluding hydrogens is 290 g/mol. The van der Waals surface area contributed by atoms with Gasteiger partial charge in [-0.05, 0) is 57.3 Å². The lowest BCUT2D eigenvalue weighted by molar-refractivity contribution is -0.121. The molecule has 1 aliphatic carbocycles. The second kappa shape index (κ2) is 7.41. The zero-order valence-corrected chi connectivity index (χ0v) is 13.9. The molecule has 1 aromatic heterocycles. The van der Waals surface area contributed by atoms with Crippen molar-refractivity contribution in [3.63, 3.8) is 0 Å². The maximum absolute atomic E-state index is 12.4. The van der Waals surface area contributed by atoms with Crippen molar-refractivity contribution in [3.05, 3.63) is 23.9 Å². The summed E-state index contributed by atoms with van der Waals surface area (Å²) in [5.41, 5.74) is 0.989. The van der Waals surface area contributed by atoms with Crippen LogP contribution >= 0.6 is 0 Å². The first kappa shape index (κ1) is 16.4. The van der Waals surface area contributed by atoms with E-state index in [1.807, 2.05) is 19.1 Å². The second-order valence-corrected chi connectivity index (χ2v) is 6.89. The number of carbonyl (C=O) groups excluding carboxylic acids is 1.